The first-order valence-electron chi connectivity index (χ1n) is 14.8. The maximum absolute atomic E-state index is 16.0. The molecule has 5 aromatic carbocycles. The summed E-state index contributed by atoms with van der Waals surface area (Å²) in [5.41, 5.74) is -8.77. The van der Waals surface area contributed by atoms with Gasteiger partial charge in [-0.2, -0.15) is 0 Å². The van der Waals surface area contributed by atoms with Gasteiger partial charge in [0.25, 0.3) is 6.71 Å². The van der Waals surface area contributed by atoms with Gasteiger partial charge in [0.1, 0.15) is 0 Å². The third-order valence-corrected chi connectivity index (χ3v) is 10.6. The van der Waals surface area contributed by atoms with Crippen molar-refractivity contribution in [1.29, 1.82) is 0 Å². The van der Waals surface area contributed by atoms with E-state index in [0.717, 1.165) is 0 Å². The zero-order valence-corrected chi connectivity index (χ0v) is 26.8. The Morgan fingerprint density at radius 2 is 0.712 bits per heavy atom. The van der Waals surface area contributed by atoms with Gasteiger partial charge in [-0.1, -0.05) is 79.5 Å². The van der Waals surface area contributed by atoms with E-state index in [4.69, 9.17) is 0 Å². The molecule has 0 spiro atoms. The average Bonchev–Trinajstić information content (AvgIpc) is 3.15. The van der Waals surface area contributed by atoms with Gasteiger partial charge >= 0.3 is 0 Å². The third kappa shape index (κ3) is 6.35. The Hall–Kier alpha value is -4.72. The van der Waals surface area contributed by atoms with Gasteiger partial charge in [0.2, 0.25) is 5.82 Å². The second-order valence-corrected chi connectivity index (χ2v) is 13.2. The highest BCUT2D eigenvalue weighted by atomic mass is 31.1. The molecule has 0 saturated heterocycles. The summed E-state index contributed by atoms with van der Waals surface area (Å²) in [5.74, 6) is -43.0. The zero-order valence-electron chi connectivity index (χ0n) is 25.9. The summed E-state index contributed by atoms with van der Waals surface area (Å²) < 4.78 is 228. The molecule has 17 heteroatoms. The van der Waals surface area contributed by atoms with Crippen LogP contribution in [0.25, 0.3) is 5.47 Å². The second-order valence-electron chi connectivity index (χ2n) is 11.0. The highest BCUT2D eigenvalue weighted by molar-refractivity contribution is 7.77. The molecule has 0 fully saturated rings. The number of rotatable bonds is 9. The topological polar surface area (TPSA) is 0 Å². The minimum atomic E-state index is -3.67. The van der Waals surface area contributed by atoms with Crippen LogP contribution in [0.1, 0.15) is 25.3 Å². The van der Waals surface area contributed by atoms with E-state index in [2.05, 4.69) is 0 Å². The van der Waals surface area contributed by atoms with E-state index in [1.54, 1.807) is 0 Å². The normalized spacial score (nSPS) is 12.1. The minimum Gasteiger partial charge on any atom is -0.204 e. The molecule has 270 valence electrons. The van der Waals surface area contributed by atoms with Crippen LogP contribution in [0.5, 0.6) is 0 Å². The van der Waals surface area contributed by atoms with Crippen LogP contribution in [0.2, 0.25) is 0 Å². The lowest BCUT2D eigenvalue weighted by Crippen LogP contribution is -2.52. The second kappa shape index (κ2) is 15.1. The summed E-state index contributed by atoms with van der Waals surface area (Å²) in [4.78, 5) is 0. The van der Waals surface area contributed by atoms with Gasteiger partial charge in [0, 0.05) is 16.5 Å². The number of hydrogen-bond acceptors (Lipinski definition) is 0. The molecule has 0 saturated carbocycles. The third-order valence-electron chi connectivity index (χ3n) is 7.93. The molecule has 0 aliphatic heterocycles. The quantitative estimate of drug-likeness (QED) is 0.0462. The molecule has 0 unspecified atom stereocenters. The summed E-state index contributed by atoms with van der Waals surface area (Å²) in [6.45, 7) is -2.31. The van der Waals surface area contributed by atoms with Gasteiger partial charge in [0.15, 0.2) is 81.4 Å². The summed E-state index contributed by atoms with van der Waals surface area (Å²) in [6, 6.07) is 14.0. The largest absolute Gasteiger partial charge is 0.258 e. The van der Waals surface area contributed by atoms with Crippen LogP contribution in [0.4, 0.5) is 65.9 Å². The predicted molar refractivity (Wildman–Crippen MR) is 165 cm³/mol. The minimum absolute atomic E-state index is 0.127. The van der Waals surface area contributed by atoms with Gasteiger partial charge < -0.3 is 0 Å². The van der Waals surface area contributed by atoms with Crippen molar-refractivity contribution in [2.45, 2.75) is 19.8 Å². The van der Waals surface area contributed by atoms with Crippen LogP contribution in [0, 0.1) is 87.3 Å². The smallest absolute Gasteiger partial charge is 0.204 e. The summed E-state index contributed by atoms with van der Waals surface area (Å²) in [7, 11) is -2.54. The lowest BCUT2D eigenvalue weighted by Gasteiger charge is -2.30. The first-order chi connectivity index (χ1) is 24.6. The molecule has 0 nitrogen and oxygen atoms in total. The van der Waals surface area contributed by atoms with E-state index < -0.39 is 136 Å². The van der Waals surface area contributed by atoms with E-state index >= 15 is 35.1 Å². The standard InChI is InChI=1S/C35H17BF15P/c1-2-9-16(52(14-10-5-3-6-11-14)15-12-7-4-8-13-15)18(17-21(37)27(43)33(49)28(44)22(17)38)36(19-23(39)29(45)34(50)30(46)24(19)40)20-25(41)31(47)35(51)32(48)26(20)42/h3-8,10-13H,2,9H2,1H3/b18-16+. The van der Waals surface area contributed by atoms with Crippen molar-refractivity contribution < 1.29 is 65.9 Å². The Bertz CT molecular complexity index is 2030. The number of hydrogen-bond donors (Lipinski definition) is 0. The van der Waals surface area contributed by atoms with Crippen molar-refractivity contribution in [3.63, 3.8) is 0 Å². The van der Waals surface area contributed by atoms with Crippen molar-refractivity contribution in [2.75, 3.05) is 0 Å². The summed E-state index contributed by atoms with van der Waals surface area (Å²) in [5, 5.41) is -0.417. The van der Waals surface area contributed by atoms with Crippen molar-refractivity contribution in [1.82, 2.24) is 0 Å². The van der Waals surface area contributed by atoms with Gasteiger partial charge in [-0.25, -0.2) is 65.9 Å². The van der Waals surface area contributed by atoms with Crippen molar-refractivity contribution in [3.05, 3.63) is 159 Å². The Morgan fingerprint density at radius 3 is 1.02 bits per heavy atom. The van der Waals surface area contributed by atoms with E-state index in [1.807, 2.05) is 0 Å². The molecule has 0 aliphatic rings. The number of halogens is 15. The molecule has 0 aliphatic carbocycles. The van der Waals surface area contributed by atoms with Crippen LogP contribution in [0.3, 0.4) is 0 Å². The van der Waals surface area contributed by atoms with Crippen LogP contribution >= 0.6 is 7.92 Å². The molecule has 0 heterocycles. The van der Waals surface area contributed by atoms with Crippen LogP contribution in [-0.4, -0.2) is 6.71 Å². The first kappa shape index (κ1) is 38.5. The van der Waals surface area contributed by atoms with Gasteiger partial charge in [-0.3, -0.25) is 0 Å². The van der Waals surface area contributed by atoms with E-state index in [1.165, 1.54) is 67.6 Å². The molecule has 0 radical (unpaired) electrons. The van der Waals surface area contributed by atoms with E-state index in [0.29, 0.717) is 0 Å². The predicted octanol–water partition coefficient (Wildman–Crippen LogP) is 9.27. The average molecular weight is 764 g/mol. The first-order valence-corrected chi connectivity index (χ1v) is 16.1. The monoisotopic (exact) mass is 764 g/mol. The highest BCUT2D eigenvalue weighted by Gasteiger charge is 2.46. The van der Waals surface area contributed by atoms with Crippen molar-refractivity contribution in [3.8, 4) is 0 Å². The number of benzene rings is 5. The fourth-order valence-electron chi connectivity index (χ4n) is 5.70. The summed E-state index contributed by atoms with van der Waals surface area (Å²) in [6.07, 6.45) is -0.862. The molecule has 0 amide bonds. The summed E-state index contributed by atoms with van der Waals surface area (Å²) >= 11 is 0. The molecular weight excluding hydrogens is 747 g/mol. The lowest BCUT2D eigenvalue weighted by atomic mass is 9.34. The van der Waals surface area contributed by atoms with E-state index in [9.17, 15) is 30.7 Å². The van der Waals surface area contributed by atoms with Gasteiger partial charge in [0.05, 0.1) is 0 Å². The Morgan fingerprint density at radius 1 is 0.423 bits per heavy atom. The maximum Gasteiger partial charge on any atom is 0.258 e. The fraction of sp³-hybridized carbons (Fsp3) is 0.0857. The molecule has 0 atom stereocenters. The Kier molecular flexibility index (Phi) is 11.2. The Labute approximate surface area is 286 Å². The van der Waals surface area contributed by atoms with E-state index in [-0.39, 0.29) is 17.0 Å². The molecule has 0 bridgehead atoms. The molecule has 5 rings (SSSR count). The fourth-order valence-corrected chi connectivity index (χ4v) is 8.49. The van der Waals surface area contributed by atoms with Crippen LogP contribution in [-0.2, 0) is 0 Å². The zero-order chi connectivity index (χ0) is 38.3. The maximum atomic E-state index is 16.0. The van der Waals surface area contributed by atoms with Crippen molar-refractivity contribution >= 4 is 41.6 Å². The SMILES string of the molecule is CCC/C(=C(\B(c1c(F)c(F)c(F)c(F)c1F)c1c(F)c(F)c(F)c(F)c1F)c1c(F)c(F)c(F)c(F)c1F)P(c1ccccc1)c1ccccc1. The van der Waals surface area contributed by atoms with Gasteiger partial charge in [-0.15, -0.1) is 0 Å². The van der Waals surface area contributed by atoms with Crippen LogP contribution < -0.4 is 21.5 Å². The molecule has 0 aromatic heterocycles. The van der Waals surface area contributed by atoms with Crippen molar-refractivity contribution in [2.24, 2.45) is 0 Å². The molecule has 0 N–H and O–H groups in total. The Balaban J connectivity index is 2.20. The molecular formula is C35H17BF15P. The number of allylic oxidation sites excluding steroid dienone is 1. The molecule has 5 aromatic rings. The van der Waals surface area contributed by atoms with Crippen LogP contribution in [0.15, 0.2) is 66.0 Å². The highest BCUT2D eigenvalue weighted by Crippen LogP contribution is 2.50. The molecule has 52 heavy (non-hydrogen) atoms. The lowest BCUT2D eigenvalue weighted by molar-refractivity contribution is 0.376. The van der Waals surface area contributed by atoms with Gasteiger partial charge in [-0.05, 0) is 30.3 Å².